The minimum atomic E-state index is -1.59. The van der Waals surface area contributed by atoms with Crippen molar-refractivity contribution in [2.45, 2.75) is 26.6 Å². The van der Waals surface area contributed by atoms with Crippen molar-refractivity contribution in [3.8, 4) is 0 Å². The maximum atomic E-state index is 13.6. The van der Waals surface area contributed by atoms with Gasteiger partial charge in [0.25, 0.3) is 0 Å². The summed E-state index contributed by atoms with van der Waals surface area (Å²) in [6.07, 6.45) is 0. The van der Waals surface area contributed by atoms with Crippen molar-refractivity contribution in [3.05, 3.63) is 22.2 Å². The summed E-state index contributed by atoms with van der Waals surface area (Å²) in [4.78, 5) is 4.01. The summed E-state index contributed by atoms with van der Waals surface area (Å²) in [5.41, 5.74) is 0.479. The van der Waals surface area contributed by atoms with Crippen LogP contribution in [0.4, 0.5) is 4.39 Å². The highest BCUT2D eigenvalue weighted by Crippen LogP contribution is 2.13. The molecule has 0 amide bonds. The zero-order chi connectivity index (χ0) is 10.2. The summed E-state index contributed by atoms with van der Waals surface area (Å²) < 4.78 is 14.4. The average Bonchev–Trinajstić information content (AvgIpc) is 1.94. The van der Waals surface area contributed by atoms with E-state index in [0.717, 1.165) is 9.79 Å². The van der Waals surface area contributed by atoms with Crippen LogP contribution < -0.4 is 5.19 Å². The lowest BCUT2D eigenvalue weighted by atomic mass is 10.4. The van der Waals surface area contributed by atoms with E-state index >= 15 is 0 Å². The molecule has 1 nitrogen and oxygen atoms in total. The maximum absolute atomic E-state index is 13.6. The van der Waals surface area contributed by atoms with E-state index in [9.17, 15) is 4.39 Å². The van der Waals surface area contributed by atoms with Crippen LogP contribution in [0.2, 0.25) is 19.6 Å². The fourth-order valence-electron chi connectivity index (χ4n) is 1.16. The van der Waals surface area contributed by atoms with Crippen molar-refractivity contribution in [1.29, 1.82) is 0 Å². The minimum Gasteiger partial charge on any atom is -0.243 e. The summed E-state index contributed by atoms with van der Waals surface area (Å²) in [6.45, 7) is 8.07. The van der Waals surface area contributed by atoms with Crippen molar-refractivity contribution in [3.63, 3.8) is 0 Å². The van der Waals surface area contributed by atoms with Gasteiger partial charge in [0, 0.05) is 0 Å². The molecule has 13 heavy (non-hydrogen) atoms. The van der Waals surface area contributed by atoms with Crippen LogP contribution in [0.5, 0.6) is 0 Å². The van der Waals surface area contributed by atoms with E-state index in [1.807, 2.05) is 0 Å². The van der Waals surface area contributed by atoms with E-state index in [-0.39, 0.29) is 5.82 Å². The second-order valence-electron chi connectivity index (χ2n) is 4.14. The molecule has 4 heteroatoms. The van der Waals surface area contributed by atoms with Gasteiger partial charge in [-0.1, -0.05) is 19.6 Å². The molecule has 1 heterocycles. The molecule has 1 rings (SSSR count). The van der Waals surface area contributed by atoms with E-state index in [1.54, 1.807) is 13.0 Å². The van der Waals surface area contributed by atoms with Crippen LogP contribution in [-0.4, -0.2) is 13.1 Å². The predicted molar refractivity (Wildman–Crippen MR) is 59.6 cm³/mol. The molecule has 0 fully saturated rings. The van der Waals surface area contributed by atoms with Crippen molar-refractivity contribution in [2.24, 2.45) is 0 Å². The molecule has 0 aromatic carbocycles. The van der Waals surface area contributed by atoms with Crippen LogP contribution in [0.15, 0.2) is 10.7 Å². The van der Waals surface area contributed by atoms with Crippen molar-refractivity contribution in [1.82, 2.24) is 4.98 Å². The molecule has 0 aliphatic carbocycles. The van der Waals surface area contributed by atoms with Gasteiger partial charge >= 0.3 is 0 Å². The molecule has 0 radical (unpaired) electrons. The number of rotatable bonds is 1. The van der Waals surface area contributed by atoms with Crippen molar-refractivity contribution >= 4 is 29.2 Å². The third-order valence-electron chi connectivity index (χ3n) is 1.90. The van der Waals surface area contributed by atoms with Crippen molar-refractivity contribution < 1.29 is 4.39 Å². The monoisotopic (exact) mass is 261 g/mol. The topological polar surface area (TPSA) is 12.9 Å². The molecule has 0 unspecified atom stereocenters. The Balaban J connectivity index is 3.37. The molecular formula is C9H13BrFNSi. The molecule has 0 bridgehead atoms. The Morgan fingerprint density at radius 1 is 1.38 bits per heavy atom. The Bertz CT molecular complexity index is 333. The van der Waals surface area contributed by atoms with Crippen LogP contribution in [-0.2, 0) is 0 Å². The fraction of sp³-hybridized carbons (Fsp3) is 0.444. The Kier molecular flexibility index (Phi) is 2.92. The quantitative estimate of drug-likeness (QED) is 0.560. The van der Waals surface area contributed by atoms with Gasteiger partial charge in [-0.05, 0) is 34.1 Å². The molecule has 0 atom stereocenters. The van der Waals surface area contributed by atoms with Gasteiger partial charge in [0.1, 0.15) is 10.4 Å². The first-order valence-corrected chi connectivity index (χ1v) is 8.45. The molecule has 1 aromatic heterocycles. The zero-order valence-electron chi connectivity index (χ0n) is 8.28. The number of hydrogen-bond donors (Lipinski definition) is 0. The van der Waals surface area contributed by atoms with Gasteiger partial charge in [-0.25, -0.2) is 9.37 Å². The molecule has 0 spiro atoms. The molecule has 0 saturated heterocycles. The molecule has 0 aliphatic rings. The number of aryl methyl sites for hydroxylation is 1. The Labute approximate surface area is 87.5 Å². The number of hydrogen-bond acceptors (Lipinski definition) is 1. The van der Waals surface area contributed by atoms with E-state index in [2.05, 4.69) is 40.6 Å². The SMILES string of the molecule is Cc1nc(Br)cc([Si](C)(C)C)c1F. The van der Waals surface area contributed by atoms with Gasteiger partial charge < -0.3 is 0 Å². The first-order chi connectivity index (χ1) is 5.82. The number of pyridine rings is 1. The van der Waals surface area contributed by atoms with E-state index < -0.39 is 8.07 Å². The predicted octanol–water partition coefficient (Wildman–Crippen LogP) is 2.84. The van der Waals surface area contributed by atoms with Crippen LogP contribution in [0.25, 0.3) is 0 Å². The van der Waals surface area contributed by atoms with E-state index in [4.69, 9.17) is 0 Å². The highest BCUT2D eigenvalue weighted by molar-refractivity contribution is 9.10. The molecule has 1 aromatic rings. The second-order valence-corrected chi connectivity index (χ2v) is 9.99. The summed E-state index contributed by atoms with van der Waals surface area (Å²) >= 11 is 3.28. The maximum Gasteiger partial charge on any atom is 0.143 e. The summed E-state index contributed by atoms with van der Waals surface area (Å²) in [5, 5.41) is 0.840. The van der Waals surface area contributed by atoms with E-state index in [1.165, 1.54) is 0 Å². The molecular weight excluding hydrogens is 249 g/mol. The van der Waals surface area contributed by atoms with Crippen LogP contribution in [0.1, 0.15) is 5.69 Å². The first kappa shape index (κ1) is 10.9. The summed E-state index contributed by atoms with van der Waals surface area (Å²) in [5.74, 6) is -0.137. The zero-order valence-corrected chi connectivity index (χ0v) is 10.9. The van der Waals surface area contributed by atoms with Crippen LogP contribution in [0, 0.1) is 12.7 Å². The van der Waals surface area contributed by atoms with Gasteiger partial charge in [0.2, 0.25) is 0 Å². The third kappa shape index (κ3) is 2.37. The number of halogens is 2. The normalized spacial score (nSPS) is 11.8. The lowest BCUT2D eigenvalue weighted by Crippen LogP contribution is -2.40. The third-order valence-corrected chi connectivity index (χ3v) is 4.29. The number of aromatic nitrogens is 1. The standard InChI is InChI=1S/C9H13BrFNSi/c1-6-9(11)7(13(2,3)4)5-8(10)12-6/h5H,1-4H3. The minimum absolute atomic E-state index is 0.137. The van der Waals surface area contributed by atoms with Crippen LogP contribution in [0.3, 0.4) is 0 Å². The fourth-order valence-corrected chi connectivity index (χ4v) is 3.28. The van der Waals surface area contributed by atoms with Gasteiger partial charge in [-0.15, -0.1) is 0 Å². The largest absolute Gasteiger partial charge is 0.243 e. The van der Waals surface area contributed by atoms with Crippen LogP contribution >= 0.6 is 15.9 Å². The second kappa shape index (κ2) is 3.50. The van der Waals surface area contributed by atoms with Gasteiger partial charge in [-0.3, -0.25) is 0 Å². The Hall–Kier alpha value is -0.223. The van der Waals surface area contributed by atoms with Gasteiger partial charge in [-0.2, -0.15) is 0 Å². The molecule has 0 saturated carbocycles. The first-order valence-electron chi connectivity index (χ1n) is 4.15. The number of nitrogens with zero attached hydrogens (tertiary/aromatic N) is 1. The Morgan fingerprint density at radius 2 is 1.92 bits per heavy atom. The average molecular weight is 262 g/mol. The highest BCUT2D eigenvalue weighted by Gasteiger charge is 2.22. The van der Waals surface area contributed by atoms with Crippen molar-refractivity contribution in [2.75, 3.05) is 0 Å². The molecule has 0 N–H and O–H groups in total. The Morgan fingerprint density at radius 3 is 2.38 bits per heavy atom. The summed E-state index contributed by atoms with van der Waals surface area (Å²) in [7, 11) is -1.59. The van der Waals surface area contributed by atoms with Gasteiger partial charge in [0.15, 0.2) is 0 Å². The lowest BCUT2D eigenvalue weighted by Gasteiger charge is -2.18. The summed E-state index contributed by atoms with van der Waals surface area (Å²) in [6, 6.07) is 1.80. The lowest BCUT2D eigenvalue weighted by molar-refractivity contribution is 0.616. The molecule has 72 valence electrons. The molecule has 0 aliphatic heterocycles. The smallest absolute Gasteiger partial charge is 0.143 e. The van der Waals surface area contributed by atoms with E-state index in [0.29, 0.717) is 5.69 Å². The van der Waals surface area contributed by atoms with Gasteiger partial charge in [0.05, 0.1) is 13.8 Å². The highest BCUT2D eigenvalue weighted by atomic mass is 79.9.